The Labute approximate surface area is 96.9 Å². The van der Waals surface area contributed by atoms with Crippen molar-refractivity contribution in [3.05, 3.63) is 65.8 Å². The summed E-state index contributed by atoms with van der Waals surface area (Å²) in [6.07, 6.45) is 8.29. The quantitative estimate of drug-likeness (QED) is 0.625. The Morgan fingerprint density at radius 3 is 2.62 bits per heavy atom. The molecule has 0 aliphatic rings. The van der Waals surface area contributed by atoms with E-state index in [2.05, 4.69) is 55.5 Å². The third-order valence-corrected chi connectivity index (χ3v) is 2.68. The van der Waals surface area contributed by atoms with Gasteiger partial charge in [-0.05, 0) is 41.8 Å². The van der Waals surface area contributed by atoms with Crippen molar-refractivity contribution in [3.63, 3.8) is 0 Å². The summed E-state index contributed by atoms with van der Waals surface area (Å²) in [5.41, 5.74) is 2.59. The maximum atomic E-state index is 2.22. The van der Waals surface area contributed by atoms with E-state index in [0.29, 0.717) is 0 Å². The molecule has 0 spiro atoms. The first-order valence-electron chi connectivity index (χ1n) is 5.60. The zero-order chi connectivity index (χ0) is 11.4. The number of benzene rings is 2. The first kappa shape index (κ1) is 10.7. The smallest absolute Gasteiger partial charge is 0.0154 e. The van der Waals surface area contributed by atoms with Crippen LogP contribution in [-0.2, 0) is 0 Å². The van der Waals surface area contributed by atoms with E-state index in [1.165, 1.54) is 21.9 Å². The number of allylic oxidation sites excluding steroid dienone is 3. The molecule has 0 aliphatic heterocycles. The molecule has 0 aromatic heterocycles. The van der Waals surface area contributed by atoms with Crippen molar-refractivity contribution in [2.75, 3.05) is 0 Å². The molecule has 0 atom stereocenters. The van der Waals surface area contributed by atoms with E-state index >= 15 is 0 Å². The third kappa shape index (κ3) is 2.22. The summed E-state index contributed by atoms with van der Waals surface area (Å²) in [7, 11) is 0. The van der Waals surface area contributed by atoms with Gasteiger partial charge >= 0.3 is 0 Å². The van der Waals surface area contributed by atoms with Crippen LogP contribution in [-0.4, -0.2) is 0 Å². The van der Waals surface area contributed by atoms with Crippen molar-refractivity contribution in [3.8, 4) is 0 Å². The van der Waals surface area contributed by atoms with Crippen LogP contribution in [0.4, 0.5) is 0 Å². The van der Waals surface area contributed by atoms with E-state index in [-0.39, 0.29) is 0 Å². The molecule has 0 unspecified atom stereocenters. The molecule has 0 saturated heterocycles. The van der Waals surface area contributed by atoms with Gasteiger partial charge in [-0.15, -0.1) is 0 Å². The van der Waals surface area contributed by atoms with Crippen LogP contribution in [0.15, 0.2) is 54.6 Å². The summed E-state index contributed by atoms with van der Waals surface area (Å²) in [4.78, 5) is 0. The minimum atomic E-state index is 1.26. The molecular formula is C16H16. The van der Waals surface area contributed by atoms with Gasteiger partial charge in [0.15, 0.2) is 0 Å². The number of rotatable bonds is 2. The molecule has 0 nitrogen and oxygen atoms in total. The molecule has 0 heterocycles. The maximum absolute atomic E-state index is 2.22. The lowest BCUT2D eigenvalue weighted by Gasteiger charge is -2.03. The zero-order valence-electron chi connectivity index (χ0n) is 9.77. The van der Waals surface area contributed by atoms with Gasteiger partial charge in [0, 0.05) is 0 Å². The van der Waals surface area contributed by atoms with Gasteiger partial charge in [0.25, 0.3) is 0 Å². The molecule has 0 fully saturated rings. The van der Waals surface area contributed by atoms with Crippen molar-refractivity contribution in [2.24, 2.45) is 0 Å². The Balaban J connectivity index is 2.49. The first-order valence-corrected chi connectivity index (χ1v) is 5.60. The van der Waals surface area contributed by atoms with E-state index in [1.54, 1.807) is 0 Å². The predicted octanol–water partition coefficient (Wildman–Crippen LogP) is 4.74. The van der Waals surface area contributed by atoms with Crippen molar-refractivity contribution in [1.29, 1.82) is 0 Å². The van der Waals surface area contributed by atoms with Crippen LogP contribution >= 0.6 is 0 Å². The average molecular weight is 208 g/mol. The van der Waals surface area contributed by atoms with E-state index in [4.69, 9.17) is 0 Å². The molecule has 0 heteroatoms. The van der Waals surface area contributed by atoms with Gasteiger partial charge in [-0.3, -0.25) is 0 Å². The van der Waals surface area contributed by atoms with E-state index in [9.17, 15) is 0 Å². The summed E-state index contributed by atoms with van der Waals surface area (Å²) in [5.74, 6) is 0. The molecule has 0 saturated carbocycles. The molecule has 0 radical (unpaired) electrons. The third-order valence-electron chi connectivity index (χ3n) is 2.68. The van der Waals surface area contributed by atoms with Crippen LogP contribution in [0.2, 0.25) is 0 Å². The Morgan fingerprint density at radius 2 is 1.81 bits per heavy atom. The number of hydrogen-bond acceptors (Lipinski definition) is 0. The molecule has 80 valence electrons. The fraction of sp³-hybridized carbons (Fsp3) is 0.125. The summed E-state index contributed by atoms with van der Waals surface area (Å²) >= 11 is 0. The number of fused-ring (bicyclic) bond motifs is 1. The van der Waals surface area contributed by atoms with Crippen LogP contribution in [0, 0.1) is 6.92 Å². The largest absolute Gasteiger partial charge is 0.0877 e. The zero-order valence-corrected chi connectivity index (χ0v) is 9.77. The number of aryl methyl sites for hydroxylation is 1. The van der Waals surface area contributed by atoms with Gasteiger partial charge in [0.05, 0.1) is 0 Å². The van der Waals surface area contributed by atoms with Gasteiger partial charge in [0.2, 0.25) is 0 Å². The number of hydrogen-bond donors (Lipinski definition) is 0. The highest BCUT2D eigenvalue weighted by Gasteiger charge is 1.97. The summed E-state index contributed by atoms with van der Waals surface area (Å²) in [5, 5.41) is 2.65. The normalized spacial score (nSPS) is 11.9. The highest BCUT2D eigenvalue weighted by Crippen LogP contribution is 2.21. The van der Waals surface area contributed by atoms with Crippen LogP contribution in [0.5, 0.6) is 0 Å². The summed E-state index contributed by atoms with van der Waals surface area (Å²) in [6.45, 7) is 4.19. The minimum Gasteiger partial charge on any atom is -0.0877 e. The Hall–Kier alpha value is -1.82. The highest BCUT2D eigenvalue weighted by molar-refractivity contribution is 5.87. The molecule has 2 rings (SSSR count). The second kappa shape index (κ2) is 4.80. The second-order valence-corrected chi connectivity index (χ2v) is 3.94. The lowest BCUT2D eigenvalue weighted by atomic mass is 10.0. The molecule has 0 N–H and O–H groups in total. The molecule has 0 aliphatic carbocycles. The van der Waals surface area contributed by atoms with E-state index in [1.807, 2.05) is 19.1 Å². The SMILES string of the molecule is C/C=C\C=C/c1cc(C)c2ccccc2c1. The van der Waals surface area contributed by atoms with E-state index in [0.717, 1.165) is 0 Å². The summed E-state index contributed by atoms with van der Waals surface area (Å²) < 4.78 is 0. The molecule has 0 amide bonds. The second-order valence-electron chi connectivity index (χ2n) is 3.94. The molecule has 0 bridgehead atoms. The highest BCUT2D eigenvalue weighted by atomic mass is 14.0. The van der Waals surface area contributed by atoms with Crippen LogP contribution in [0.3, 0.4) is 0 Å². The van der Waals surface area contributed by atoms with Gasteiger partial charge in [0.1, 0.15) is 0 Å². The molecular weight excluding hydrogens is 192 g/mol. The van der Waals surface area contributed by atoms with Crippen molar-refractivity contribution >= 4 is 16.8 Å². The maximum Gasteiger partial charge on any atom is -0.0154 e. The first-order chi connectivity index (χ1) is 7.81. The van der Waals surface area contributed by atoms with Crippen LogP contribution < -0.4 is 0 Å². The fourth-order valence-corrected chi connectivity index (χ4v) is 1.90. The Morgan fingerprint density at radius 1 is 1.00 bits per heavy atom. The van der Waals surface area contributed by atoms with Crippen LogP contribution in [0.25, 0.3) is 16.8 Å². The van der Waals surface area contributed by atoms with Gasteiger partial charge in [-0.1, -0.05) is 54.6 Å². The van der Waals surface area contributed by atoms with Crippen molar-refractivity contribution in [1.82, 2.24) is 0 Å². The molecule has 2 aromatic rings. The molecule has 2 aromatic carbocycles. The monoisotopic (exact) mass is 208 g/mol. The topological polar surface area (TPSA) is 0 Å². The lowest BCUT2D eigenvalue weighted by molar-refractivity contribution is 1.51. The van der Waals surface area contributed by atoms with Crippen molar-refractivity contribution in [2.45, 2.75) is 13.8 Å². The Bertz CT molecular complexity index is 545. The Kier molecular flexibility index (Phi) is 3.21. The van der Waals surface area contributed by atoms with Crippen molar-refractivity contribution < 1.29 is 0 Å². The molecule has 16 heavy (non-hydrogen) atoms. The van der Waals surface area contributed by atoms with Gasteiger partial charge < -0.3 is 0 Å². The summed E-state index contributed by atoms with van der Waals surface area (Å²) in [6, 6.07) is 13.0. The van der Waals surface area contributed by atoms with Gasteiger partial charge in [-0.2, -0.15) is 0 Å². The van der Waals surface area contributed by atoms with E-state index < -0.39 is 0 Å². The predicted molar refractivity (Wildman–Crippen MR) is 72.5 cm³/mol. The standard InChI is InChI=1S/C16H16/c1-3-4-5-8-14-11-13(2)16-10-7-6-9-15(16)12-14/h3-12H,1-2H3/b4-3-,8-5-. The average Bonchev–Trinajstić information content (AvgIpc) is 2.30. The van der Waals surface area contributed by atoms with Crippen LogP contribution in [0.1, 0.15) is 18.1 Å². The lowest BCUT2D eigenvalue weighted by Crippen LogP contribution is -1.80. The minimum absolute atomic E-state index is 1.26. The fourth-order valence-electron chi connectivity index (χ4n) is 1.90. The van der Waals surface area contributed by atoms with Gasteiger partial charge in [-0.25, -0.2) is 0 Å².